The Kier molecular flexibility index (Phi) is 4.90. The molecule has 1 aromatic carbocycles. The summed E-state index contributed by atoms with van der Waals surface area (Å²) in [5, 5.41) is 0.991. The molecule has 3 aromatic rings. The van der Waals surface area contributed by atoms with Gasteiger partial charge in [-0.05, 0) is 43.9 Å². The Bertz CT molecular complexity index is 1060. The first-order valence-corrected chi connectivity index (χ1v) is 9.52. The molecule has 7 nitrogen and oxygen atoms in total. The molecule has 0 radical (unpaired) electrons. The zero-order chi connectivity index (χ0) is 19.7. The van der Waals surface area contributed by atoms with Crippen LogP contribution in [0.25, 0.3) is 10.9 Å². The number of ether oxygens (including phenoxy) is 1. The molecule has 3 heterocycles. The molecule has 1 saturated heterocycles. The summed E-state index contributed by atoms with van der Waals surface area (Å²) in [5.41, 5.74) is 2.16. The van der Waals surface area contributed by atoms with Crippen molar-refractivity contribution in [3.05, 3.63) is 58.4 Å². The van der Waals surface area contributed by atoms with Crippen molar-refractivity contribution >= 4 is 16.8 Å². The topological polar surface area (TPSA) is 80.2 Å². The number of H-pyrrole nitrogens is 1. The van der Waals surface area contributed by atoms with Gasteiger partial charge in [-0.2, -0.15) is 0 Å². The molecule has 7 heteroatoms. The second-order valence-corrected chi connectivity index (χ2v) is 7.41. The molecule has 146 valence electrons. The maximum Gasteiger partial charge on any atom is 0.270 e. The average molecular weight is 380 g/mol. The van der Waals surface area contributed by atoms with E-state index in [9.17, 15) is 9.59 Å². The highest BCUT2D eigenvalue weighted by Crippen LogP contribution is 2.24. The molecular weight excluding hydrogens is 356 g/mol. The van der Waals surface area contributed by atoms with E-state index in [1.165, 1.54) is 0 Å². The highest BCUT2D eigenvalue weighted by atomic mass is 16.5. The Morgan fingerprint density at radius 2 is 2.07 bits per heavy atom. The Balaban J connectivity index is 1.41. The van der Waals surface area contributed by atoms with Gasteiger partial charge in [-0.15, -0.1) is 0 Å². The first kappa shape index (κ1) is 18.3. The smallest absolute Gasteiger partial charge is 0.270 e. The molecule has 0 saturated carbocycles. The molecule has 1 amide bonds. The van der Waals surface area contributed by atoms with Crippen LogP contribution in [-0.4, -0.2) is 45.5 Å². The first-order chi connectivity index (χ1) is 13.5. The Morgan fingerprint density at radius 1 is 1.29 bits per heavy atom. The molecule has 1 aliphatic heterocycles. The van der Waals surface area contributed by atoms with Crippen molar-refractivity contribution in [2.45, 2.75) is 26.3 Å². The van der Waals surface area contributed by atoms with Crippen molar-refractivity contribution in [3.63, 3.8) is 0 Å². The van der Waals surface area contributed by atoms with Crippen LogP contribution in [0.2, 0.25) is 0 Å². The molecular formula is C21H24N4O3. The number of nitrogens with one attached hydrogen (secondary N) is 1. The third-order valence-corrected chi connectivity index (χ3v) is 5.49. The summed E-state index contributed by atoms with van der Waals surface area (Å²) in [4.78, 5) is 34.3. The number of fused-ring (bicyclic) bond motifs is 1. The molecule has 4 rings (SSSR count). The minimum Gasteiger partial charge on any atom is -0.497 e. The minimum atomic E-state index is 0.0157. The van der Waals surface area contributed by atoms with Gasteiger partial charge in [0.25, 0.3) is 11.5 Å². The van der Waals surface area contributed by atoms with E-state index in [-0.39, 0.29) is 11.5 Å². The lowest BCUT2D eigenvalue weighted by Gasteiger charge is -2.32. The lowest BCUT2D eigenvalue weighted by atomic mass is 9.96. The molecule has 0 atom stereocenters. The number of aromatic nitrogens is 3. The van der Waals surface area contributed by atoms with Gasteiger partial charge in [-0.1, -0.05) is 0 Å². The van der Waals surface area contributed by atoms with Crippen molar-refractivity contribution in [1.29, 1.82) is 0 Å². The van der Waals surface area contributed by atoms with Crippen LogP contribution in [0.15, 0.2) is 41.6 Å². The lowest BCUT2D eigenvalue weighted by molar-refractivity contribution is 0.0677. The van der Waals surface area contributed by atoms with Crippen LogP contribution in [0.1, 0.15) is 28.9 Å². The molecule has 0 aliphatic carbocycles. The van der Waals surface area contributed by atoms with E-state index in [0.29, 0.717) is 36.8 Å². The SMILES string of the molecule is COc1ccc2cc(C(=O)N3CCC(Cn4cncc(C)c4=O)CC3)[nH]c2c1. The van der Waals surface area contributed by atoms with E-state index in [1.807, 2.05) is 29.2 Å². The van der Waals surface area contributed by atoms with Crippen molar-refractivity contribution in [2.24, 2.45) is 5.92 Å². The summed E-state index contributed by atoms with van der Waals surface area (Å²) in [6.07, 6.45) is 4.95. The number of likely N-dealkylation sites (tertiary alicyclic amines) is 1. The van der Waals surface area contributed by atoms with Crippen LogP contribution >= 0.6 is 0 Å². The number of aryl methyl sites for hydroxylation is 1. The maximum atomic E-state index is 12.9. The summed E-state index contributed by atoms with van der Waals surface area (Å²) >= 11 is 0. The number of rotatable bonds is 4. The zero-order valence-electron chi connectivity index (χ0n) is 16.1. The molecule has 1 aliphatic rings. The predicted molar refractivity (Wildman–Crippen MR) is 107 cm³/mol. The van der Waals surface area contributed by atoms with Gasteiger partial charge in [0.1, 0.15) is 11.4 Å². The largest absolute Gasteiger partial charge is 0.497 e. The van der Waals surface area contributed by atoms with Crippen molar-refractivity contribution in [2.75, 3.05) is 20.2 Å². The van der Waals surface area contributed by atoms with Crippen LogP contribution in [0.4, 0.5) is 0 Å². The summed E-state index contributed by atoms with van der Waals surface area (Å²) in [5.74, 6) is 1.15. The van der Waals surface area contributed by atoms with Gasteiger partial charge in [0.05, 0.1) is 13.4 Å². The van der Waals surface area contributed by atoms with Gasteiger partial charge in [0, 0.05) is 48.4 Å². The number of benzene rings is 1. The average Bonchev–Trinajstić information content (AvgIpc) is 3.14. The molecule has 0 bridgehead atoms. The Morgan fingerprint density at radius 3 is 2.82 bits per heavy atom. The second kappa shape index (κ2) is 7.50. The Labute approximate surface area is 163 Å². The number of piperidine rings is 1. The van der Waals surface area contributed by atoms with Crippen molar-refractivity contribution < 1.29 is 9.53 Å². The Hall–Kier alpha value is -3.09. The standard InChI is InChI=1S/C21H24N4O3/c1-14-11-22-13-25(20(14)26)12-15-5-7-24(8-6-15)21(27)19-9-16-3-4-17(28-2)10-18(16)23-19/h3-4,9-11,13,15,23H,5-8,12H2,1-2H3. The monoisotopic (exact) mass is 380 g/mol. The molecule has 0 spiro atoms. The molecule has 28 heavy (non-hydrogen) atoms. The van der Waals surface area contributed by atoms with E-state index in [1.54, 1.807) is 31.1 Å². The van der Waals surface area contributed by atoms with Gasteiger partial charge >= 0.3 is 0 Å². The number of methoxy groups -OCH3 is 1. The molecule has 2 aromatic heterocycles. The minimum absolute atomic E-state index is 0.0157. The van der Waals surface area contributed by atoms with Crippen molar-refractivity contribution in [1.82, 2.24) is 19.4 Å². The van der Waals surface area contributed by atoms with Crippen molar-refractivity contribution in [3.8, 4) is 5.75 Å². The van der Waals surface area contributed by atoms with Gasteiger partial charge in [-0.25, -0.2) is 4.98 Å². The number of amides is 1. The normalized spacial score (nSPS) is 15.1. The van der Waals surface area contributed by atoms with Crippen LogP contribution in [0, 0.1) is 12.8 Å². The summed E-state index contributed by atoms with van der Waals surface area (Å²) in [6, 6.07) is 7.62. The number of hydrogen-bond donors (Lipinski definition) is 1. The fraction of sp³-hybridized carbons (Fsp3) is 0.381. The van der Waals surface area contributed by atoms with E-state index in [0.717, 1.165) is 29.5 Å². The third kappa shape index (κ3) is 3.52. The van der Waals surface area contributed by atoms with Gasteiger partial charge in [0.15, 0.2) is 0 Å². The summed E-state index contributed by atoms with van der Waals surface area (Å²) in [6.45, 7) is 3.82. The fourth-order valence-electron chi connectivity index (χ4n) is 3.81. The van der Waals surface area contributed by atoms with Gasteiger partial charge in [0.2, 0.25) is 0 Å². The number of carbonyl (C=O) groups is 1. The van der Waals surface area contributed by atoms with E-state index in [4.69, 9.17) is 4.74 Å². The fourth-order valence-corrected chi connectivity index (χ4v) is 3.81. The maximum absolute atomic E-state index is 12.9. The number of aromatic amines is 1. The van der Waals surface area contributed by atoms with Crippen LogP contribution in [0.5, 0.6) is 5.75 Å². The van der Waals surface area contributed by atoms with E-state index >= 15 is 0 Å². The highest BCUT2D eigenvalue weighted by molar-refractivity contribution is 5.98. The number of hydrogen-bond acceptors (Lipinski definition) is 4. The van der Waals surface area contributed by atoms with Crippen LogP contribution in [-0.2, 0) is 6.54 Å². The number of nitrogens with zero attached hydrogens (tertiary/aromatic N) is 3. The highest BCUT2D eigenvalue weighted by Gasteiger charge is 2.25. The van der Waals surface area contributed by atoms with Crippen LogP contribution in [0.3, 0.4) is 0 Å². The predicted octanol–water partition coefficient (Wildman–Crippen LogP) is 2.59. The molecule has 1 N–H and O–H groups in total. The third-order valence-electron chi connectivity index (χ3n) is 5.49. The summed E-state index contributed by atoms with van der Waals surface area (Å²) < 4.78 is 6.92. The molecule has 0 unspecified atom stereocenters. The van der Waals surface area contributed by atoms with Crippen LogP contribution < -0.4 is 10.3 Å². The number of carbonyl (C=O) groups excluding carboxylic acids is 1. The van der Waals surface area contributed by atoms with Gasteiger partial charge in [-0.3, -0.25) is 14.2 Å². The molecule has 1 fully saturated rings. The van der Waals surface area contributed by atoms with Gasteiger partial charge < -0.3 is 14.6 Å². The first-order valence-electron chi connectivity index (χ1n) is 9.52. The van der Waals surface area contributed by atoms with E-state index < -0.39 is 0 Å². The summed E-state index contributed by atoms with van der Waals surface area (Å²) in [7, 11) is 1.63. The second-order valence-electron chi connectivity index (χ2n) is 7.41. The van der Waals surface area contributed by atoms with E-state index in [2.05, 4.69) is 9.97 Å². The quantitative estimate of drug-likeness (QED) is 0.754. The lowest BCUT2D eigenvalue weighted by Crippen LogP contribution is -2.40. The zero-order valence-corrected chi connectivity index (χ0v) is 16.1.